The number of benzene rings is 1. The molecule has 2 aromatic rings. The fourth-order valence-corrected chi connectivity index (χ4v) is 2.01. The Morgan fingerprint density at radius 2 is 2.15 bits per heavy atom. The Balaban J connectivity index is 1.66. The number of carbonyl (C=O) groups is 2. The van der Waals surface area contributed by atoms with Crippen LogP contribution in [0, 0.1) is 5.92 Å². The zero-order chi connectivity index (χ0) is 13.9. The fourth-order valence-electron chi connectivity index (χ4n) is 2.01. The Hall–Kier alpha value is -2.77. The average Bonchev–Trinajstić information content (AvgIpc) is 3.10. The second-order valence-electron chi connectivity index (χ2n) is 4.50. The Morgan fingerprint density at radius 3 is 2.75 bits per heavy atom. The van der Waals surface area contributed by atoms with Crippen molar-refractivity contribution in [1.29, 1.82) is 0 Å². The predicted octanol–water partition coefficient (Wildman–Crippen LogP) is -0.263. The molecule has 1 aromatic heterocycles. The zero-order valence-corrected chi connectivity index (χ0v) is 10.5. The summed E-state index contributed by atoms with van der Waals surface area (Å²) in [5.41, 5.74) is 1.47. The van der Waals surface area contributed by atoms with Crippen LogP contribution in [-0.2, 0) is 9.59 Å². The highest BCUT2D eigenvalue weighted by Gasteiger charge is 2.27. The first kappa shape index (κ1) is 12.3. The molecule has 0 aliphatic carbocycles. The molecular weight excluding hydrogens is 260 g/mol. The van der Waals surface area contributed by atoms with E-state index < -0.39 is 0 Å². The van der Waals surface area contributed by atoms with Gasteiger partial charge < -0.3 is 10.6 Å². The Morgan fingerprint density at radius 1 is 1.35 bits per heavy atom. The van der Waals surface area contributed by atoms with Crippen LogP contribution in [0.5, 0.6) is 0 Å². The summed E-state index contributed by atoms with van der Waals surface area (Å²) in [6.45, 7) is 0.396. The number of tetrazole rings is 1. The third-order valence-electron chi connectivity index (χ3n) is 3.10. The lowest BCUT2D eigenvalue weighted by Gasteiger charge is -2.09. The van der Waals surface area contributed by atoms with Crippen LogP contribution in [0.1, 0.15) is 6.42 Å². The quantitative estimate of drug-likeness (QED) is 0.801. The molecule has 1 saturated heterocycles. The normalized spacial score (nSPS) is 17.8. The monoisotopic (exact) mass is 272 g/mol. The highest BCUT2D eigenvalue weighted by atomic mass is 16.2. The third-order valence-corrected chi connectivity index (χ3v) is 3.10. The molecule has 0 saturated carbocycles. The standard InChI is InChI=1S/C12H12N6O2/c19-11-5-8(6-13-11)12(20)15-9-1-3-10(4-2-9)18-7-14-16-17-18/h1-4,7-8H,5-6H2,(H,13,19)(H,15,20). The van der Waals surface area contributed by atoms with Gasteiger partial charge in [-0.05, 0) is 34.7 Å². The summed E-state index contributed by atoms with van der Waals surface area (Å²) in [4.78, 5) is 23.0. The molecule has 8 nitrogen and oxygen atoms in total. The first-order valence-electron chi connectivity index (χ1n) is 6.13. The van der Waals surface area contributed by atoms with Gasteiger partial charge in [0.2, 0.25) is 11.8 Å². The first-order valence-corrected chi connectivity index (χ1v) is 6.13. The van der Waals surface area contributed by atoms with Crippen LogP contribution >= 0.6 is 0 Å². The number of anilines is 1. The number of hydrogen-bond donors (Lipinski definition) is 2. The highest BCUT2D eigenvalue weighted by molar-refractivity contribution is 5.97. The maximum absolute atomic E-state index is 11.9. The van der Waals surface area contributed by atoms with Gasteiger partial charge >= 0.3 is 0 Å². The smallest absolute Gasteiger partial charge is 0.229 e. The molecule has 20 heavy (non-hydrogen) atoms. The van der Waals surface area contributed by atoms with Gasteiger partial charge in [-0.15, -0.1) is 5.10 Å². The van der Waals surface area contributed by atoms with E-state index in [1.54, 1.807) is 24.3 Å². The average molecular weight is 272 g/mol. The summed E-state index contributed by atoms with van der Waals surface area (Å²) in [6, 6.07) is 7.12. The summed E-state index contributed by atoms with van der Waals surface area (Å²) in [5.74, 6) is -0.542. The minimum absolute atomic E-state index is 0.0841. The van der Waals surface area contributed by atoms with Gasteiger partial charge in [-0.2, -0.15) is 0 Å². The van der Waals surface area contributed by atoms with Crippen molar-refractivity contribution >= 4 is 17.5 Å². The van der Waals surface area contributed by atoms with Gasteiger partial charge in [0.25, 0.3) is 0 Å². The molecule has 0 bridgehead atoms. The second-order valence-corrected chi connectivity index (χ2v) is 4.50. The van der Waals surface area contributed by atoms with Crippen molar-refractivity contribution in [3.8, 4) is 5.69 Å². The van der Waals surface area contributed by atoms with Gasteiger partial charge in [0.15, 0.2) is 0 Å². The number of nitrogens with one attached hydrogen (secondary N) is 2. The lowest BCUT2D eigenvalue weighted by atomic mass is 10.1. The summed E-state index contributed by atoms with van der Waals surface area (Å²) >= 11 is 0. The summed E-state index contributed by atoms with van der Waals surface area (Å²) < 4.78 is 1.52. The largest absolute Gasteiger partial charge is 0.355 e. The van der Waals surface area contributed by atoms with E-state index in [1.165, 1.54) is 11.0 Å². The third kappa shape index (κ3) is 2.48. The van der Waals surface area contributed by atoms with Crippen LogP contribution in [0.2, 0.25) is 0 Å². The van der Waals surface area contributed by atoms with Gasteiger partial charge in [0.1, 0.15) is 6.33 Å². The van der Waals surface area contributed by atoms with Crippen molar-refractivity contribution in [3.63, 3.8) is 0 Å². The number of rotatable bonds is 3. The van der Waals surface area contributed by atoms with Gasteiger partial charge in [-0.25, -0.2) is 4.68 Å². The fraction of sp³-hybridized carbons (Fsp3) is 0.250. The molecule has 1 aromatic carbocycles. The number of carbonyl (C=O) groups excluding carboxylic acids is 2. The van der Waals surface area contributed by atoms with E-state index in [2.05, 4.69) is 26.2 Å². The van der Waals surface area contributed by atoms with Crippen LogP contribution in [0.25, 0.3) is 5.69 Å². The summed E-state index contributed by atoms with van der Waals surface area (Å²) in [7, 11) is 0. The van der Waals surface area contributed by atoms with Crippen molar-refractivity contribution in [1.82, 2.24) is 25.5 Å². The SMILES string of the molecule is O=C1CC(C(=O)Nc2ccc(-n3cnnn3)cc2)CN1. The molecule has 2 heterocycles. The lowest BCUT2D eigenvalue weighted by molar-refractivity contribution is -0.123. The molecule has 0 radical (unpaired) electrons. The van der Waals surface area contributed by atoms with Crippen LogP contribution in [-0.4, -0.2) is 38.6 Å². The maximum Gasteiger partial charge on any atom is 0.229 e. The predicted molar refractivity (Wildman–Crippen MR) is 68.9 cm³/mol. The van der Waals surface area contributed by atoms with E-state index in [9.17, 15) is 9.59 Å². The Bertz CT molecular complexity index is 622. The molecule has 1 aliphatic rings. The van der Waals surface area contributed by atoms with Crippen LogP contribution in [0.4, 0.5) is 5.69 Å². The van der Waals surface area contributed by atoms with Crippen molar-refractivity contribution in [2.75, 3.05) is 11.9 Å². The molecule has 0 spiro atoms. The van der Waals surface area contributed by atoms with Crippen molar-refractivity contribution in [2.24, 2.45) is 5.92 Å². The molecule has 1 fully saturated rings. The van der Waals surface area contributed by atoms with Crippen molar-refractivity contribution in [2.45, 2.75) is 6.42 Å². The lowest BCUT2D eigenvalue weighted by Crippen LogP contribution is -2.24. The summed E-state index contributed by atoms with van der Waals surface area (Å²) in [6.07, 6.45) is 1.73. The van der Waals surface area contributed by atoms with E-state index >= 15 is 0 Å². The van der Waals surface area contributed by atoms with Gasteiger partial charge in [-0.3, -0.25) is 9.59 Å². The molecule has 102 valence electrons. The van der Waals surface area contributed by atoms with Crippen molar-refractivity contribution < 1.29 is 9.59 Å². The van der Waals surface area contributed by atoms with Crippen LogP contribution in [0.3, 0.4) is 0 Å². The molecule has 3 rings (SSSR count). The molecule has 2 amide bonds. The minimum atomic E-state index is -0.304. The van der Waals surface area contributed by atoms with E-state index in [0.29, 0.717) is 12.2 Å². The van der Waals surface area contributed by atoms with Crippen molar-refractivity contribution in [3.05, 3.63) is 30.6 Å². The van der Waals surface area contributed by atoms with E-state index in [4.69, 9.17) is 0 Å². The molecule has 1 atom stereocenters. The van der Waals surface area contributed by atoms with E-state index in [0.717, 1.165) is 5.69 Å². The Labute approximate surface area is 114 Å². The van der Waals surface area contributed by atoms with Gasteiger partial charge in [0, 0.05) is 18.7 Å². The number of aromatic nitrogens is 4. The number of hydrogen-bond acceptors (Lipinski definition) is 5. The van der Waals surface area contributed by atoms with Gasteiger partial charge in [-0.1, -0.05) is 0 Å². The topological polar surface area (TPSA) is 102 Å². The first-order chi connectivity index (χ1) is 9.72. The van der Waals surface area contributed by atoms with Gasteiger partial charge in [0.05, 0.1) is 11.6 Å². The summed E-state index contributed by atoms with van der Waals surface area (Å²) in [5, 5.41) is 16.3. The molecule has 2 N–H and O–H groups in total. The molecular formula is C12H12N6O2. The van der Waals surface area contributed by atoms with E-state index in [-0.39, 0.29) is 24.2 Å². The maximum atomic E-state index is 11.9. The molecule has 1 unspecified atom stereocenters. The van der Waals surface area contributed by atoms with Crippen LogP contribution in [0.15, 0.2) is 30.6 Å². The number of amides is 2. The zero-order valence-electron chi connectivity index (χ0n) is 10.5. The second kappa shape index (κ2) is 5.08. The molecule has 1 aliphatic heterocycles. The highest BCUT2D eigenvalue weighted by Crippen LogP contribution is 2.15. The van der Waals surface area contributed by atoms with Crippen LogP contribution < -0.4 is 10.6 Å². The molecule has 8 heteroatoms. The van der Waals surface area contributed by atoms with E-state index in [1.807, 2.05) is 0 Å². The minimum Gasteiger partial charge on any atom is -0.355 e. The Kier molecular flexibility index (Phi) is 3.12. The number of nitrogens with zero attached hydrogens (tertiary/aromatic N) is 4.